The van der Waals surface area contributed by atoms with Crippen LogP contribution in [-0.4, -0.2) is 34.6 Å². The molecular formula is C12H23NO2. The van der Waals surface area contributed by atoms with E-state index in [0.717, 1.165) is 32.2 Å². The van der Waals surface area contributed by atoms with Crippen molar-refractivity contribution in [1.29, 1.82) is 0 Å². The molecule has 0 aliphatic heterocycles. The Morgan fingerprint density at radius 2 is 2.07 bits per heavy atom. The molecule has 0 bridgehead atoms. The molecule has 0 aromatic carbocycles. The molecule has 1 rings (SSSR count). The first-order valence-electron chi connectivity index (χ1n) is 6.19. The first-order valence-corrected chi connectivity index (χ1v) is 6.19. The van der Waals surface area contributed by atoms with Crippen LogP contribution in [0.4, 0.5) is 0 Å². The van der Waals surface area contributed by atoms with Crippen LogP contribution >= 0.6 is 0 Å². The lowest BCUT2D eigenvalue weighted by molar-refractivity contribution is -0.144. The van der Waals surface area contributed by atoms with E-state index in [2.05, 4.69) is 18.7 Å². The zero-order valence-corrected chi connectivity index (χ0v) is 9.91. The van der Waals surface area contributed by atoms with E-state index in [1.54, 1.807) is 0 Å². The summed E-state index contributed by atoms with van der Waals surface area (Å²) >= 11 is 0. The minimum absolute atomic E-state index is 0.242. The van der Waals surface area contributed by atoms with E-state index < -0.39 is 5.97 Å². The van der Waals surface area contributed by atoms with E-state index in [1.165, 1.54) is 12.8 Å². The Labute approximate surface area is 92.5 Å². The molecule has 1 unspecified atom stereocenters. The third-order valence-electron chi connectivity index (χ3n) is 3.03. The Kier molecular flexibility index (Phi) is 5.09. The summed E-state index contributed by atoms with van der Waals surface area (Å²) in [5.74, 6) is -0.639. The van der Waals surface area contributed by atoms with E-state index >= 15 is 0 Å². The lowest BCUT2D eigenvalue weighted by atomic mass is 10.1. The SMILES string of the molecule is CCCCN(C1CC1)C(CCC)C(=O)O. The fourth-order valence-electron chi connectivity index (χ4n) is 2.04. The van der Waals surface area contributed by atoms with Crippen molar-refractivity contribution < 1.29 is 9.90 Å². The lowest BCUT2D eigenvalue weighted by Gasteiger charge is -2.28. The average Bonchev–Trinajstić information content (AvgIpc) is 3.00. The van der Waals surface area contributed by atoms with Crippen LogP contribution in [0.25, 0.3) is 0 Å². The number of nitrogens with zero attached hydrogens (tertiary/aromatic N) is 1. The van der Waals surface area contributed by atoms with Gasteiger partial charge in [0.1, 0.15) is 6.04 Å². The van der Waals surface area contributed by atoms with Gasteiger partial charge in [-0.25, -0.2) is 0 Å². The second kappa shape index (κ2) is 6.11. The van der Waals surface area contributed by atoms with Crippen molar-refractivity contribution in [3.05, 3.63) is 0 Å². The largest absolute Gasteiger partial charge is 0.480 e. The minimum Gasteiger partial charge on any atom is -0.480 e. The molecular weight excluding hydrogens is 190 g/mol. The van der Waals surface area contributed by atoms with Crippen molar-refractivity contribution in [2.75, 3.05) is 6.54 Å². The summed E-state index contributed by atoms with van der Waals surface area (Å²) in [6, 6.07) is 0.318. The molecule has 0 aromatic rings. The third-order valence-corrected chi connectivity index (χ3v) is 3.03. The molecule has 3 heteroatoms. The normalized spacial score (nSPS) is 18.1. The van der Waals surface area contributed by atoms with E-state index in [1.807, 2.05) is 0 Å². The standard InChI is InChI=1S/C12H23NO2/c1-3-5-9-13(10-7-8-10)11(6-4-2)12(14)15/h10-11H,3-9H2,1-2H3,(H,14,15). The zero-order chi connectivity index (χ0) is 11.3. The highest BCUT2D eigenvalue weighted by atomic mass is 16.4. The Hall–Kier alpha value is -0.570. The Balaban J connectivity index is 2.52. The number of unbranched alkanes of at least 4 members (excludes halogenated alkanes) is 1. The van der Waals surface area contributed by atoms with Crippen LogP contribution in [0.5, 0.6) is 0 Å². The molecule has 1 N–H and O–H groups in total. The van der Waals surface area contributed by atoms with Crippen LogP contribution < -0.4 is 0 Å². The first-order chi connectivity index (χ1) is 7.20. The number of carboxylic acids is 1. The number of carbonyl (C=O) groups is 1. The molecule has 1 aliphatic carbocycles. The maximum absolute atomic E-state index is 11.2. The summed E-state index contributed by atoms with van der Waals surface area (Å²) in [7, 11) is 0. The summed E-state index contributed by atoms with van der Waals surface area (Å²) in [5.41, 5.74) is 0. The highest BCUT2D eigenvalue weighted by Gasteiger charge is 2.36. The Bertz CT molecular complexity index is 202. The van der Waals surface area contributed by atoms with Gasteiger partial charge >= 0.3 is 5.97 Å². The van der Waals surface area contributed by atoms with Crippen molar-refractivity contribution >= 4 is 5.97 Å². The van der Waals surface area contributed by atoms with Crippen molar-refractivity contribution in [3.63, 3.8) is 0 Å². The van der Waals surface area contributed by atoms with Gasteiger partial charge in [-0.05, 0) is 32.2 Å². The summed E-state index contributed by atoms with van der Waals surface area (Å²) in [6.45, 7) is 5.17. The molecule has 0 saturated heterocycles. The summed E-state index contributed by atoms with van der Waals surface area (Å²) < 4.78 is 0. The molecule has 1 aliphatic rings. The molecule has 0 spiro atoms. The molecule has 0 amide bonds. The van der Waals surface area contributed by atoms with Crippen LogP contribution in [0.15, 0.2) is 0 Å². The van der Waals surface area contributed by atoms with Gasteiger partial charge in [0.05, 0.1) is 0 Å². The molecule has 1 saturated carbocycles. The van der Waals surface area contributed by atoms with Gasteiger partial charge in [0.15, 0.2) is 0 Å². The maximum Gasteiger partial charge on any atom is 0.320 e. The van der Waals surface area contributed by atoms with E-state index in [0.29, 0.717) is 6.04 Å². The Morgan fingerprint density at radius 3 is 2.47 bits per heavy atom. The molecule has 0 aromatic heterocycles. The molecule has 1 atom stereocenters. The molecule has 0 radical (unpaired) electrons. The summed E-state index contributed by atoms with van der Waals surface area (Å²) in [5, 5.41) is 9.21. The monoisotopic (exact) mass is 213 g/mol. The molecule has 1 fully saturated rings. The van der Waals surface area contributed by atoms with Gasteiger partial charge in [-0.3, -0.25) is 9.69 Å². The average molecular weight is 213 g/mol. The fraction of sp³-hybridized carbons (Fsp3) is 0.917. The quantitative estimate of drug-likeness (QED) is 0.673. The van der Waals surface area contributed by atoms with Crippen LogP contribution in [-0.2, 0) is 4.79 Å². The van der Waals surface area contributed by atoms with Crippen molar-refractivity contribution in [2.24, 2.45) is 0 Å². The van der Waals surface area contributed by atoms with Gasteiger partial charge in [-0.2, -0.15) is 0 Å². The summed E-state index contributed by atoms with van der Waals surface area (Å²) in [6.07, 6.45) is 6.38. The molecule has 15 heavy (non-hydrogen) atoms. The van der Waals surface area contributed by atoms with E-state index in [-0.39, 0.29) is 6.04 Å². The van der Waals surface area contributed by atoms with Crippen molar-refractivity contribution in [3.8, 4) is 0 Å². The van der Waals surface area contributed by atoms with Crippen LogP contribution in [0.2, 0.25) is 0 Å². The Morgan fingerprint density at radius 1 is 1.40 bits per heavy atom. The van der Waals surface area contributed by atoms with Gasteiger partial charge in [0.25, 0.3) is 0 Å². The fourth-order valence-corrected chi connectivity index (χ4v) is 2.04. The lowest BCUT2D eigenvalue weighted by Crippen LogP contribution is -2.43. The van der Waals surface area contributed by atoms with Crippen LogP contribution in [0.1, 0.15) is 52.4 Å². The number of rotatable bonds is 8. The van der Waals surface area contributed by atoms with Gasteiger partial charge in [-0.15, -0.1) is 0 Å². The van der Waals surface area contributed by atoms with Crippen molar-refractivity contribution in [2.45, 2.75) is 64.5 Å². The van der Waals surface area contributed by atoms with Crippen molar-refractivity contribution in [1.82, 2.24) is 4.90 Å². The van der Waals surface area contributed by atoms with Gasteiger partial charge < -0.3 is 5.11 Å². The summed E-state index contributed by atoms with van der Waals surface area (Å²) in [4.78, 5) is 13.4. The number of hydrogen-bond donors (Lipinski definition) is 1. The predicted molar refractivity (Wildman–Crippen MR) is 61.0 cm³/mol. The van der Waals surface area contributed by atoms with Gasteiger partial charge in [0, 0.05) is 6.04 Å². The molecule has 0 heterocycles. The minimum atomic E-state index is -0.639. The smallest absolute Gasteiger partial charge is 0.320 e. The number of hydrogen-bond acceptors (Lipinski definition) is 2. The van der Waals surface area contributed by atoms with Crippen LogP contribution in [0.3, 0.4) is 0 Å². The second-order valence-corrected chi connectivity index (χ2v) is 4.47. The zero-order valence-electron chi connectivity index (χ0n) is 9.91. The predicted octanol–water partition coefficient (Wildman–Crippen LogP) is 2.50. The van der Waals surface area contributed by atoms with Gasteiger partial charge in [-0.1, -0.05) is 26.7 Å². The highest BCUT2D eigenvalue weighted by Crippen LogP contribution is 2.30. The topological polar surface area (TPSA) is 40.5 Å². The van der Waals surface area contributed by atoms with E-state index in [4.69, 9.17) is 0 Å². The van der Waals surface area contributed by atoms with Crippen LogP contribution in [0, 0.1) is 0 Å². The van der Waals surface area contributed by atoms with E-state index in [9.17, 15) is 9.90 Å². The first kappa shape index (κ1) is 12.5. The molecule has 3 nitrogen and oxygen atoms in total. The number of carboxylic acid groups (broad SMARTS) is 1. The third kappa shape index (κ3) is 3.82. The highest BCUT2D eigenvalue weighted by molar-refractivity contribution is 5.73. The maximum atomic E-state index is 11.2. The van der Waals surface area contributed by atoms with Gasteiger partial charge in [0.2, 0.25) is 0 Å². The second-order valence-electron chi connectivity index (χ2n) is 4.47. The number of aliphatic carboxylic acids is 1. The molecule has 88 valence electrons.